The first-order valence-corrected chi connectivity index (χ1v) is 5.99. The van der Waals surface area contributed by atoms with Gasteiger partial charge in [-0.25, -0.2) is 4.79 Å². The lowest BCUT2D eigenvalue weighted by atomic mass is 10.1. The second-order valence-corrected chi connectivity index (χ2v) is 4.54. The Balaban J connectivity index is 1.86. The average Bonchev–Trinajstić information content (AvgIpc) is 2.82. The molecule has 0 radical (unpaired) electrons. The standard InChI is InChI=1S/C11H14N2O6/c14-8-4-1-5(9(15)13-8)12-10(16)6-2-3-7(19-6)11(17)18/h5-7H,1-4H2,(H,12,16)(H,17,18)(H,13,14,15)/t5?,6-,7+/m0/s1. The first-order chi connectivity index (χ1) is 8.97. The van der Waals surface area contributed by atoms with Gasteiger partial charge in [0.25, 0.3) is 0 Å². The Morgan fingerprint density at radius 1 is 1.21 bits per heavy atom. The second kappa shape index (κ2) is 5.35. The smallest absolute Gasteiger partial charge is 0.332 e. The Hall–Kier alpha value is -1.96. The SMILES string of the molecule is O=C1CCC(NC(=O)[C@@H]2CC[C@H](C(=O)O)O2)C(=O)N1. The highest BCUT2D eigenvalue weighted by molar-refractivity contribution is 6.02. The molecule has 3 atom stereocenters. The number of amides is 3. The van der Waals surface area contributed by atoms with Crippen molar-refractivity contribution in [2.75, 3.05) is 0 Å². The summed E-state index contributed by atoms with van der Waals surface area (Å²) in [6, 6.07) is -0.766. The van der Waals surface area contributed by atoms with Crippen LogP contribution in [-0.4, -0.2) is 47.0 Å². The Morgan fingerprint density at radius 2 is 1.89 bits per heavy atom. The van der Waals surface area contributed by atoms with Gasteiger partial charge in [0.15, 0.2) is 6.10 Å². The van der Waals surface area contributed by atoms with E-state index in [1.54, 1.807) is 0 Å². The highest BCUT2D eigenvalue weighted by Crippen LogP contribution is 2.20. The fourth-order valence-corrected chi connectivity index (χ4v) is 2.11. The van der Waals surface area contributed by atoms with Gasteiger partial charge in [0, 0.05) is 6.42 Å². The van der Waals surface area contributed by atoms with Gasteiger partial charge >= 0.3 is 5.97 Å². The van der Waals surface area contributed by atoms with E-state index >= 15 is 0 Å². The zero-order valence-corrected chi connectivity index (χ0v) is 10.0. The topological polar surface area (TPSA) is 122 Å². The molecule has 19 heavy (non-hydrogen) atoms. The van der Waals surface area contributed by atoms with E-state index < -0.39 is 36.0 Å². The molecule has 0 aromatic heterocycles. The average molecular weight is 270 g/mol. The van der Waals surface area contributed by atoms with E-state index in [4.69, 9.17) is 9.84 Å². The number of carbonyl (C=O) groups excluding carboxylic acids is 3. The minimum Gasteiger partial charge on any atom is -0.479 e. The zero-order valence-electron chi connectivity index (χ0n) is 10.0. The number of rotatable bonds is 3. The van der Waals surface area contributed by atoms with E-state index in [-0.39, 0.29) is 25.2 Å². The van der Waals surface area contributed by atoms with E-state index in [0.717, 1.165) is 0 Å². The van der Waals surface area contributed by atoms with Crippen molar-refractivity contribution in [3.8, 4) is 0 Å². The van der Waals surface area contributed by atoms with Crippen LogP contribution in [0.3, 0.4) is 0 Å². The summed E-state index contributed by atoms with van der Waals surface area (Å²) < 4.78 is 5.07. The predicted octanol–water partition coefficient (Wildman–Crippen LogP) is -1.46. The summed E-state index contributed by atoms with van der Waals surface area (Å²) in [4.78, 5) is 44.9. The quantitative estimate of drug-likeness (QED) is 0.539. The van der Waals surface area contributed by atoms with E-state index in [2.05, 4.69) is 10.6 Å². The molecule has 1 unspecified atom stereocenters. The van der Waals surface area contributed by atoms with Gasteiger partial charge in [-0.05, 0) is 19.3 Å². The maximum Gasteiger partial charge on any atom is 0.332 e. The summed E-state index contributed by atoms with van der Waals surface area (Å²) in [5.41, 5.74) is 0. The van der Waals surface area contributed by atoms with Crippen molar-refractivity contribution >= 4 is 23.7 Å². The van der Waals surface area contributed by atoms with Gasteiger partial charge in [0.05, 0.1) is 0 Å². The van der Waals surface area contributed by atoms with Crippen LogP contribution in [0, 0.1) is 0 Å². The van der Waals surface area contributed by atoms with Crippen LogP contribution in [-0.2, 0) is 23.9 Å². The van der Waals surface area contributed by atoms with Gasteiger partial charge in [0.2, 0.25) is 17.7 Å². The van der Waals surface area contributed by atoms with Crippen LogP contribution in [0.2, 0.25) is 0 Å². The van der Waals surface area contributed by atoms with Crippen molar-refractivity contribution in [2.45, 2.75) is 43.9 Å². The van der Waals surface area contributed by atoms with Gasteiger partial charge in [-0.2, -0.15) is 0 Å². The fraction of sp³-hybridized carbons (Fsp3) is 0.636. The molecule has 2 fully saturated rings. The monoisotopic (exact) mass is 270 g/mol. The number of aliphatic carboxylic acids is 1. The lowest BCUT2D eigenvalue weighted by Gasteiger charge is -2.23. The third-order valence-electron chi connectivity index (χ3n) is 3.14. The Morgan fingerprint density at radius 3 is 2.47 bits per heavy atom. The highest BCUT2D eigenvalue weighted by atomic mass is 16.5. The molecule has 2 saturated heterocycles. The number of hydrogen-bond acceptors (Lipinski definition) is 5. The maximum absolute atomic E-state index is 11.8. The minimum absolute atomic E-state index is 0.167. The fourth-order valence-electron chi connectivity index (χ4n) is 2.11. The molecular weight excluding hydrogens is 256 g/mol. The van der Waals surface area contributed by atoms with Crippen molar-refractivity contribution in [3.05, 3.63) is 0 Å². The number of nitrogens with one attached hydrogen (secondary N) is 2. The van der Waals surface area contributed by atoms with Crippen molar-refractivity contribution < 1.29 is 29.0 Å². The van der Waals surface area contributed by atoms with Gasteiger partial charge in [-0.1, -0.05) is 0 Å². The normalized spacial score (nSPS) is 30.8. The zero-order chi connectivity index (χ0) is 14.0. The Bertz CT molecular complexity index is 435. The van der Waals surface area contributed by atoms with Crippen LogP contribution in [0.5, 0.6) is 0 Å². The van der Waals surface area contributed by atoms with Crippen molar-refractivity contribution in [1.82, 2.24) is 10.6 Å². The molecule has 0 spiro atoms. The minimum atomic E-state index is -1.10. The van der Waals surface area contributed by atoms with E-state index in [1.165, 1.54) is 0 Å². The predicted molar refractivity (Wildman–Crippen MR) is 59.8 cm³/mol. The Kier molecular flexibility index (Phi) is 3.79. The summed E-state index contributed by atoms with van der Waals surface area (Å²) in [6.07, 6.45) is -0.853. The molecule has 2 rings (SSSR count). The molecule has 8 nitrogen and oxygen atoms in total. The third-order valence-corrected chi connectivity index (χ3v) is 3.14. The number of imide groups is 1. The van der Waals surface area contributed by atoms with Crippen LogP contribution in [0.1, 0.15) is 25.7 Å². The lowest BCUT2D eigenvalue weighted by molar-refractivity contribution is -0.152. The van der Waals surface area contributed by atoms with Crippen LogP contribution < -0.4 is 10.6 Å². The molecule has 104 valence electrons. The molecule has 2 aliphatic heterocycles. The molecule has 0 saturated carbocycles. The number of ether oxygens (including phenoxy) is 1. The van der Waals surface area contributed by atoms with Gasteiger partial charge in [-0.3, -0.25) is 19.7 Å². The van der Waals surface area contributed by atoms with E-state index in [9.17, 15) is 19.2 Å². The lowest BCUT2D eigenvalue weighted by Crippen LogP contribution is -2.54. The van der Waals surface area contributed by atoms with Gasteiger partial charge < -0.3 is 15.2 Å². The van der Waals surface area contributed by atoms with Crippen LogP contribution in [0.15, 0.2) is 0 Å². The number of hydrogen-bond donors (Lipinski definition) is 3. The third kappa shape index (κ3) is 3.08. The highest BCUT2D eigenvalue weighted by Gasteiger charge is 2.37. The number of carboxylic acids is 1. The molecule has 2 heterocycles. The van der Waals surface area contributed by atoms with E-state index in [1.807, 2.05) is 0 Å². The summed E-state index contributed by atoms with van der Waals surface area (Å²) >= 11 is 0. The number of carboxylic acid groups (broad SMARTS) is 1. The number of piperidine rings is 1. The largest absolute Gasteiger partial charge is 0.479 e. The molecule has 3 N–H and O–H groups in total. The molecule has 0 bridgehead atoms. The Labute approximate surface area is 108 Å². The van der Waals surface area contributed by atoms with Crippen LogP contribution in [0.25, 0.3) is 0 Å². The summed E-state index contributed by atoms with van der Waals surface area (Å²) in [5.74, 6) is -2.52. The summed E-state index contributed by atoms with van der Waals surface area (Å²) in [5, 5.41) is 13.3. The summed E-state index contributed by atoms with van der Waals surface area (Å²) in [6.45, 7) is 0. The molecule has 0 aromatic carbocycles. The molecule has 0 aliphatic carbocycles. The van der Waals surface area contributed by atoms with Gasteiger partial charge in [-0.15, -0.1) is 0 Å². The van der Waals surface area contributed by atoms with Gasteiger partial charge in [0.1, 0.15) is 12.1 Å². The molecular formula is C11H14N2O6. The van der Waals surface area contributed by atoms with Crippen molar-refractivity contribution in [3.63, 3.8) is 0 Å². The van der Waals surface area contributed by atoms with Crippen molar-refractivity contribution in [1.29, 1.82) is 0 Å². The first kappa shape index (κ1) is 13.5. The maximum atomic E-state index is 11.8. The van der Waals surface area contributed by atoms with Crippen LogP contribution >= 0.6 is 0 Å². The second-order valence-electron chi connectivity index (χ2n) is 4.54. The summed E-state index contributed by atoms with van der Waals surface area (Å²) in [7, 11) is 0. The molecule has 0 aromatic rings. The van der Waals surface area contributed by atoms with Crippen LogP contribution in [0.4, 0.5) is 0 Å². The van der Waals surface area contributed by atoms with E-state index in [0.29, 0.717) is 6.42 Å². The molecule has 8 heteroatoms. The first-order valence-electron chi connectivity index (χ1n) is 5.99. The molecule has 2 aliphatic rings. The molecule has 3 amide bonds. The number of carbonyl (C=O) groups is 4. The van der Waals surface area contributed by atoms with Crippen molar-refractivity contribution in [2.24, 2.45) is 0 Å².